The molecule has 1 amide bonds. The van der Waals surface area contributed by atoms with E-state index in [1.165, 1.54) is 11.8 Å². The molecule has 1 aliphatic heterocycles. The summed E-state index contributed by atoms with van der Waals surface area (Å²) in [4.78, 5) is 13.5. The number of rotatable bonds is 5. The minimum Gasteiger partial charge on any atom is -0.378 e. The van der Waals surface area contributed by atoms with E-state index in [-0.39, 0.29) is 11.2 Å². The van der Waals surface area contributed by atoms with Crippen molar-refractivity contribution in [1.82, 2.24) is 14.8 Å². The van der Waals surface area contributed by atoms with Gasteiger partial charge in [0.2, 0.25) is 11.9 Å². The van der Waals surface area contributed by atoms with E-state index in [2.05, 4.69) is 15.1 Å². The third-order valence-electron chi connectivity index (χ3n) is 3.61. The van der Waals surface area contributed by atoms with E-state index in [0.717, 1.165) is 24.7 Å². The van der Waals surface area contributed by atoms with Crippen molar-refractivity contribution in [3.05, 3.63) is 30.3 Å². The van der Waals surface area contributed by atoms with E-state index in [9.17, 15) is 4.79 Å². The molecule has 23 heavy (non-hydrogen) atoms. The molecule has 8 heteroatoms. The molecule has 1 atom stereocenters. The lowest BCUT2D eigenvalue weighted by Crippen LogP contribution is -2.37. The van der Waals surface area contributed by atoms with Gasteiger partial charge in [-0.05, 0) is 19.1 Å². The summed E-state index contributed by atoms with van der Waals surface area (Å²) in [7, 11) is 0. The van der Waals surface area contributed by atoms with Crippen molar-refractivity contribution in [1.29, 1.82) is 0 Å². The Balaban J connectivity index is 1.99. The molecule has 1 aromatic heterocycles. The minimum absolute atomic E-state index is 0.370. The number of anilines is 1. The highest BCUT2D eigenvalue weighted by Crippen LogP contribution is 2.29. The molecule has 1 fully saturated rings. The molecule has 2 aromatic rings. The highest BCUT2D eigenvalue weighted by Gasteiger charge is 2.23. The zero-order chi connectivity index (χ0) is 16.2. The predicted molar refractivity (Wildman–Crippen MR) is 88.9 cm³/mol. The molecule has 0 bridgehead atoms. The Morgan fingerprint density at radius 1 is 1.26 bits per heavy atom. The number of hydrogen-bond donors (Lipinski definition) is 1. The topological polar surface area (TPSA) is 86.3 Å². The zero-order valence-electron chi connectivity index (χ0n) is 12.9. The van der Waals surface area contributed by atoms with Crippen molar-refractivity contribution >= 4 is 23.6 Å². The Hall–Kier alpha value is -2.06. The van der Waals surface area contributed by atoms with Crippen LogP contribution in [0.1, 0.15) is 6.92 Å². The molecule has 0 aliphatic carbocycles. The van der Waals surface area contributed by atoms with Crippen LogP contribution in [0.4, 0.5) is 5.95 Å². The summed E-state index contributed by atoms with van der Waals surface area (Å²) in [6.07, 6.45) is 0. The number of ether oxygens (including phenoxy) is 1. The summed E-state index contributed by atoms with van der Waals surface area (Å²) in [6.45, 7) is 4.64. The van der Waals surface area contributed by atoms with Crippen LogP contribution in [0, 0.1) is 0 Å². The van der Waals surface area contributed by atoms with Gasteiger partial charge in [0.05, 0.1) is 24.2 Å². The standard InChI is InChI=1S/C15H19N5O2S/c1-11(13(16)21)23-15-18-17-14(19-7-9-22-10-8-19)20(15)12-5-3-2-4-6-12/h2-6,11H,7-10H2,1H3,(H2,16,21)/t11-/m0/s1. The van der Waals surface area contributed by atoms with Crippen molar-refractivity contribution in [2.45, 2.75) is 17.3 Å². The quantitative estimate of drug-likeness (QED) is 0.824. The number of aromatic nitrogens is 3. The molecule has 1 aromatic carbocycles. The van der Waals surface area contributed by atoms with E-state index in [1.807, 2.05) is 34.9 Å². The van der Waals surface area contributed by atoms with Gasteiger partial charge in [-0.3, -0.25) is 9.36 Å². The molecule has 7 nitrogen and oxygen atoms in total. The molecule has 2 heterocycles. The monoisotopic (exact) mass is 333 g/mol. The Labute approximate surface area is 138 Å². The molecular weight excluding hydrogens is 314 g/mol. The van der Waals surface area contributed by atoms with Gasteiger partial charge in [0.25, 0.3) is 0 Å². The summed E-state index contributed by atoms with van der Waals surface area (Å²) in [5, 5.41) is 8.90. The van der Waals surface area contributed by atoms with E-state index < -0.39 is 0 Å². The normalized spacial score (nSPS) is 16.3. The van der Waals surface area contributed by atoms with Crippen molar-refractivity contribution < 1.29 is 9.53 Å². The van der Waals surface area contributed by atoms with Gasteiger partial charge in [-0.15, -0.1) is 10.2 Å². The second-order valence-corrected chi connectivity index (χ2v) is 6.52. The number of primary amides is 1. The molecule has 2 N–H and O–H groups in total. The number of nitrogens with two attached hydrogens (primary N) is 1. The van der Waals surface area contributed by atoms with E-state index in [4.69, 9.17) is 10.5 Å². The van der Waals surface area contributed by atoms with Gasteiger partial charge in [0, 0.05) is 13.1 Å². The average molecular weight is 333 g/mol. The van der Waals surface area contributed by atoms with Crippen LogP contribution < -0.4 is 10.6 Å². The summed E-state index contributed by atoms with van der Waals surface area (Å²) in [5.74, 6) is 0.393. The van der Waals surface area contributed by atoms with Gasteiger partial charge < -0.3 is 15.4 Å². The van der Waals surface area contributed by atoms with Gasteiger partial charge in [0.15, 0.2) is 5.16 Å². The third kappa shape index (κ3) is 3.48. The third-order valence-corrected chi connectivity index (χ3v) is 4.67. The highest BCUT2D eigenvalue weighted by molar-refractivity contribution is 8.00. The van der Waals surface area contributed by atoms with Gasteiger partial charge >= 0.3 is 0 Å². The number of carbonyl (C=O) groups excluding carboxylic acids is 1. The summed E-state index contributed by atoms with van der Waals surface area (Å²) < 4.78 is 7.37. The maximum atomic E-state index is 11.4. The fraction of sp³-hybridized carbons (Fsp3) is 0.400. The van der Waals surface area contributed by atoms with Crippen molar-refractivity contribution in [3.8, 4) is 5.69 Å². The first-order valence-electron chi connectivity index (χ1n) is 7.46. The number of nitrogens with zero attached hydrogens (tertiary/aromatic N) is 4. The lowest BCUT2D eigenvalue weighted by molar-refractivity contribution is -0.117. The maximum Gasteiger partial charge on any atom is 0.232 e. The Morgan fingerprint density at radius 2 is 1.96 bits per heavy atom. The van der Waals surface area contributed by atoms with Crippen molar-refractivity contribution in [2.75, 3.05) is 31.2 Å². The Kier molecular flexibility index (Phi) is 4.82. The number of hydrogen-bond acceptors (Lipinski definition) is 6. The number of carbonyl (C=O) groups is 1. The largest absolute Gasteiger partial charge is 0.378 e. The fourth-order valence-corrected chi connectivity index (χ4v) is 3.14. The lowest BCUT2D eigenvalue weighted by Gasteiger charge is -2.28. The van der Waals surface area contributed by atoms with Crippen LogP contribution in [0.25, 0.3) is 5.69 Å². The molecule has 1 aliphatic rings. The number of morpholine rings is 1. The number of para-hydroxylation sites is 1. The molecule has 3 rings (SSSR count). The predicted octanol–water partition coefficient (Wildman–Crippen LogP) is 1.07. The first kappa shape index (κ1) is 15.8. The summed E-state index contributed by atoms with van der Waals surface area (Å²) in [6, 6.07) is 9.87. The summed E-state index contributed by atoms with van der Waals surface area (Å²) in [5.41, 5.74) is 6.33. The average Bonchev–Trinajstić information content (AvgIpc) is 3.00. The van der Waals surface area contributed by atoms with E-state index in [0.29, 0.717) is 18.4 Å². The Bertz CT molecular complexity index is 670. The van der Waals surface area contributed by atoms with Gasteiger partial charge in [0.1, 0.15) is 0 Å². The van der Waals surface area contributed by atoms with Gasteiger partial charge in [-0.2, -0.15) is 0 Å². The van der Waals surface area contributed by atoms with Gasteiger partial charge in [-0.25, -0.2) is 0 Å². The smallest absolute Gasteiger partial charge is 0.232 e. The molecule has 0 unspecified atom stereocenters. The van der Waals surface area contributed by atoms with E-state index >= 15 is 0 Å². The molecule has 0 spiro atoms. The number of benzene rings is 1. The van der Waals surface area contributed by atoms with Crippen LogP contribution >= 0.6 is 11.8 Å². The Morgan fingerprint density at radius 3 is 2.61 bits per heavy atom. The first-order valence-corrected chi connectivity index (χ1v) is 8.34. The van der Waals surface area contributed by atoms with Crippen LogP contribution in [0.3, 0.4) is 0 Å². The SMILES string of the molecule is C[C@H](Sc1nnc(N2CCOCC2)n1-c1ccccc1)C(N)=O. The molecule has 122 valence electrons. The molecule has 0 radical (unpaired) electrons. The molecule has 0 saturated carbocycles. The first-order chi connectivity index (χ1) is 11.2. The van der Waals surface area contributed by atoms with Crippen LogP contribution in [-0.2, 0) is 9.53 Å². The van der Waals surface area contributed by atoms with Crippen LogP contribution in [0.2, 0.25) is 0 Å². The summed E-state index contributed by atoms with van der Waals surface area (Å²) >= 11 is 1.31. The van der Waals surface area contributed by atoms with Crippen molar-refractivity contribution in [3.63, 3.8) is 0 Å². The van der Waals surface area contributed by atoms with E-state index in [1.54, 1.807) is 6.92 Å². The highest BCUT2D eigenvalue weighted by atomic mass is 32.2. The zero-order valence-corrected chi connectivity index (χ0v) is 13.7. The number of thioether (sulfide) groups is 1. The van der Waals surface area contributed by atoms with Crippen LogP contribution in [0.15, 0.2) is 35.5 Å². The number of amides is 1. The molecular formula is C15H19N5O2S. The second kappa shape index (κ2) is 7.01. The van der Waals surface area contributed by atoms with Crippen molar-refractivity contribution in [2.24, 2.45) is 5.73 Å². The van der Waals surface area contributed by atoms with Crippen LogP contribution in [0.5, 0.6) is 0 Å². The lowest BCUT2D eigenvalue weighted by atomic mass is 10.3. The minimum atomic E-state index is -0.376. The fourth-order valence-electron chi connectivity index (χ4n) is 2.33. The second-order valence-electron chi connectivity index (χ2n) is 5.22. The van der Waals surface area contributed by atoms with Gasteiger partial charge in [-0.1, -0.05) is 30.0 Å². The maximum absolute atomic E-state index is 11.4. The molecule has 1 saturated heterocycles. The van der Waals surface area contributed by atoms with Crippen LogP contribution in [-0.4, -0.2) is 52.2 Å².